The molecule has 24 heavy (non-hydrogen) atoms. The van der Waals surface area contributed by atoms with Crippen molar-refractivity contribution in [2.45, 2.75) is 0 Å². The van der Waals surface area contributed by atoms with Gasteiger partial charge in [-0.2, -0.15) is 9.61 Å². The van der Waals surface area contributed by atoms with Crippen molar-refractivity contribution >= 4 is 28.4 Å². The molecule has 0 fully saturated rings. The van der Waals surface area contributed by atoms with Crippen molar-refractivity contribution in [2.75, 3.05) is 0 Å². The van der Waals surface area contributed by atoms with Crippen molar-refractivity contribution in [3.63, 3.8) is 0 Å². The van der Waals surface area contributed by atoms with Gasteiger partial charge in [0.15, 0.2) is 5.69 Å². The molecular weight excluding hydrogens is 320 g/mol. The van der Waals surface area contributed by atoms with Crippen LogP contribution >= 0.6 is 11.3 Å². The van der Waals surface area contributed by atoms with Gasteiger partial charge < -0.3 is 0 Å². The average molecular weight is 332 g/mol. The minimum atomic E-state index is -0.262. The Morgan fingerprint density at radius 2 is 1.58 bits per heavy atom. The van der Waals surface area contributed by atoms with E-state index in [9.17, 15) is 4.79 Å². The van der Waals surface area contributed by atoms with Crippen LogP contribution in [0.3, 0.4) is 0 Å². The molecule has 5 nitrogen and oxygen atoms in total. The first-order chi connectivity index (χ1) is 11.8. The highest BCUT2D eigenvalue weighted by atomic mass is 32.1. The molecule has 0 unspecified atom stereocenters. The molecule has 0 atom stereocenters. The second-order valence-electron chi connectivity index (χ2n) is 5.10. The first-order valence-electron chi connectivity index (χ1n) is 7.36. The van der Waals surface area contributed by atoms with Crippen molar-refractivity contribution < 1.29 is 0 Å². The highest BCUT2D eigenvalue weighted by Gasteiger charge is 2.12. The van der Waals surface area contributed by atoms with Gasteiger partial charge >= 0.3 is 5.56 Å². The van der Waals surface area contributed by atoms with Gasteiger partial charge in [0.1, 0.15) is 5.01 Å². The van der Waals surface area contributed by atoms with E-state index in [4.69, 9.17) is 0 Å². The number of hydrogen-bond donors (Lipinski definition) is 0. The van der Waals surface area contributed by atoms with Gasteiger partial charge in [0, 0.05) is 5.56 Å². The molecular formula is C18H12N4OS. The fourth-order valence-electron chi connectivity index (χ4n) is 2.31. The first-order valence-corrected chi connectivity index (χ1v) is 8.18. The van der Waals surface area contributed by atoms with Crippen molar-refractivity contribution in [3.05, 3.63) is 81.6 Å². The maximum atomic E-state index is 12.6. The lowest BCUT2D eigenvalue weighted by atomic mass is 10.2. The number of benzene rings is 2. The standard InChI is InChI=1S/C18H12N4OS/c23-17-16(14-9-5-2-6-10-14)19-20-18-22(17)21-15(24-18)12-11-13-7-3-1-4-8-13/h1-12H. The van der Waals surface area contributed by atoms with E-state index in [-0.39, 0.29) is 5.56 Å². The van der Waals surface area contributed by atoms with Gasteiger partial charge in [-0.1, -0.05) is 78.1 Å². The van der Waals surface area contributed by atoms with E-state index in [1.165, 1.54) is 15.9 Å². The molecule has 4 aromatic rings. The Morgan fingerprint density at radius 1 is 0.875 bits per heavy atom. The summed E-state index contributed by atoms with van der Waals surface area (Å²) in [4.78, 5) is 13.1. The summed E-state index contributed by atoms with van der Waals surface area (Å²) in [5.74, 6) is 0. The van der Waals surface area contributed by atoms with Crippen LogP contribution < -0.4 is 5.56 Å². The SMILES string of the molecule is O=c1c(-c2ccccc2)nnc2sc(C=Cc3ccccc3)nn12. The predicted octanol–water partition coefficient (Wildman–Crippen LogP) is 3.38. The van der Waals surface area contributed by atoms with Crippen LogP contribution in [-0.4, -0.2) is 19.8 Å². The van der Waals surface area contributed by atoms with Gasteiger partial charge in [-0.05, 0) is 11.6 Å². The first kappa shape index (κ1) is 14.5. The van der Waals surface area contributed by atoms with Gasteiger partial charge in [0.25, 0.3) is 0 Å². The van der Waals surface area contributed by atoms with E-state index in [2.05, 4.69) is 15.3 Å². The smallest absolute Gasteiger partial charge is 0.265 e. The zero-order chi connectivity index (χ0) is 16.4. The molecule has 0 saturated heterocycles. The van der Waals surface area contributed by atoms with Crippen LogP contribution in [0.1, 0.15) is 10.6 Å². The molecule has 0 aliphatic rings. The molecule has 4 rings (SSSR count). The molecule has 0 aliphatic heterocycles. The summed E-state index contributed by atoms with van der Waals surface area (Å²) in [6, 6.07) is 19.2. The van der Waals surface area contributed by atoms with E-state index < -0.39 is 0 Å². The molecule has 116 valence electrons. The third-order valence-electron chi connectivity index (χ3n) is 3.47. The molecule has 0 spiro atoms. The molecule has 0 N–H and O–H groups in total. The highest BCUT2D eigenvalue weighted by Crippen LogP contribution is 2.16. The summed E-state index contributed by atoms with van der Waals surface area (Å²) in [5, 5.41) is 13.3. The van der Waals surface area contributed by atoms with Crippen molar-refractivity contribution in [1.82, 2.24) is 19.8 Å². The molecule has 0 saturated carbocycles. The van der Waals surface area contributed by atoms with Crippen LogP contribution in [-0.2, 0) is 0 Å². The van der Waals surface area contributed by atoms with Crippen LogP contribution in [0.4, 0.5) is 0 Å². The topological polar surface area (TPSA) is 60.2 Å². The Morgan fingerprint density at radius 3 is 2.33 bits per heavy atom. The third kappa shape index (κ3) is 2.75. The molecule has 2 aromatic carbocycles. The monoisotopic (exact) mass is 332 g/mol. The molecule has 0 radical (unpaired) electrons. The van der Waals surface area contributed by atoms with Crippen molar-refractivity contribution in [3.8, 4) is 11.3 Å². The minimum absolute atomic E-state index is 0.262. The zero-order valence-electron chi connectivity index (χ0n) is 12.5. The minimum Gasteiger partial charge on any atom is -0.265 e. The number of nitrogens with zero attached hydrogens (tertiary/aromatic N) is 4. The lowest BCUT2D eigenvalue weighted by Crippen LogP contribution is -2.19. The highest BCUT2D eigenvalue weighted by molar-refractivity contribution is 7.17. The normalized spacial score (nSPS) is 11.3. The lowest BCUT2D eigenvalue weighted by molar-refractivity contribution is 0.856. The fraction of sp³-hybridized carbons (Fsp3) is 0. The Kier molecular flexibility index (Phi) is 3.72. The molecule has 6 heteroatoms. The maximum Gasteiger partial charge on any atom is 0.302 e. The van der Waals surface area contributed by atoms with Crippen molar-refractivity contribution in [1.29, 1.82) is 0 Å². The molecule has 2 aromatic heterocycles. The second kappa shape index (κ2) is 6.17. The number of hydrogen-bond acceptors (Lipinski definition) is 5. The summed E-state index contributed by atoms with van der Waals surface area (Å²) < 4.78 is 1.31. The van der Waals surface area contributed by atoms with Crippen LogP contribution in [0.25, 0.3) is 28.4 Å². The van der Waals surface area contributed by atoms with E-state index in [1.54, 1.807) is 0 Å². The van der Waals surface area contributed by atoms with Crippen LogP contribution in [0.5, 0.6) is 0 Å². The van der Waals surface area contributed by atoms with Gasteiger partial charge in [0.05, 0.1) is 0 Å². The lowest BCUT2D eigenvalue weighted by Gasteiger charge is -1.97. The Labute approximate surface area is 141 Å². The second-order valence-corrected chi connectivity index (χ2v) is 6.09. The summed E-state index contributed by atoms with van der Waals surface area (Å²) in [6.45, 7) is 0. The van der Waals surface area contributed by atoms with Crippen LogP contribution in [0, 0.1) is 0 Å². The van der Waals surface area contributed by atoms with Crippen LogP contribution in [0.15, 0.2) is 65.5 Å². The third-order valence-corrected chi connectivity index (χ3v) is 4.34. The van der Waals surface area contributed by atoms with E-state index >= 15 is 0 Å². The summed E-state index contributed by atoms with van der Waals surface area (Å²) in [5.41, 5.74) is 1.85. The van der Waals surface area contributed by atoms with Gasteiger partial charge in [-0.25, -0.2) is 0 Å². The van der Waals surface area contributed by atoms with E-state index in [1.807, 2.05) is 72.8 Å². The summed E-state index contributed by atoms with van der Waals surface area (Å²) in [7, 11) is 0. The van der Waals surface area contributed by atoms with Crippen LogP contribution in [0.2, 0.25) is 0 Å². The maximum absolute atomic E-state index is 12.6. The van der Waals surface area contributed by atoms with Gasteiger partial charge in [-0.15, -0.1) is 10.2 Å². The summed E-state index contributed by atoms with van der Waals surface area (Å²) in [6.07, 6.45) is 3.82. The largest absolute Gasteiger partial charge is 0.302 e. The number of fused-ring (bicyclic) bond motifs is 1. The quantitative estimate of drug-likeness (QED) is 0.577. The molecule has 0 bridgehead atoms. The Bertz CT molecular complexity index is 1070. The molecule has 0 aliphatic carbocycles. The zero-order valence-corrected chi connectivity index (χ0v) is 13.4. The summed E-state index contributed by atoms with van der Waals surface area (Å²) >= 11 is 1.33. The fourth-order valence-corrected chi connectivity index (χ4v) is 3.04. The number of aromatic nitrogens is 4. The molecule has 2 heterocycles. The Hall–Kier alpha value is -3.12. The van der Waals surface area contributed by atoms with E-state index in [0.29, 0.717) is 15.7 Å². The number of rotatable bonds is 3. The van der Waals surface area contributed by atoms with Crippen molar-refractivity contribution in [2.24, 2.45) is 0 Å². The Balaban J connectivity index is 1.75. The average Bonchev–Trinajstić information content (AvgIpc) is 3.06. The van der Waals surface area contributed by atoms with Gasteiger partial charge in [-0.3, -0.25) is 4.79 Å². The van der Waals surface area contributed by atoms with Gasteiger partial charge in [0.2, 0.25) is 4.96 Å². The van der Waals surface area contributed by atoms with E-state index in [0.717, 1.165) is 11.1 Å². The predicted molar refractivity (Wildman–Crippen MR) is 95.7 cm³/mol. The molecule has 0 amide bonds.